The van der Waals surface area contributed by atoms with Crippen LogP contribution in [0.1, 0.15) is 119 Å². The van der Waals surface area contributed by atoms with Crippen molar-refractivity contribution in [1.82, 2.24) is 45.6 Å². The summed E-state index contributed by atoms with van der Waals surface area (Å²) < 4.78 is 16.8. The summed E-state index contributed by atoms with van der Waals surface area (Å²) in [5, 5.41) is 15.9. The molecule has 2 aliphatic carbocycles. The number of carbonyl (C=O) groups excluding carboxylic acids is 6. The molecule has 5 aliphatic rings. The average Bonchev–Trinajstić information content (AvgIpc) is 1.65. The van der Waals surface area contributed by atoms with Gasteiger partial charge >= 0.3 is 18.1 Å². The third-order valence-electron chi connectivity index (χ3n) is 17.5. The van der Waals surface area contributed by atoms with Crippen LogP contribution in [-0.2, 0) is 57.1 Å². The van der Waals surface area contributed by atoms with E-state index in [1.54, 1.807) is 81.8 Å². The largest absolute Gasteiger partial charge is 0.490 e. The van der Waals surface area contributed by atoms with Crippen LogP contribution < -0.4 is 58.1 Å². The van der Waals surface area contributed by atoms with Crippen LogP contribution in [0.3, 0.4) is 0 Å². The molecule has 12 rings (SSSR count). The molecule has 3 saturated heterocycles. The van der Waals surface area contributed by atoms with E-state index in [9.17, 15) is 43.2 Å². The number of aromatic nitrogens is 3. The number of urea groups is 3. The molecule has 468 valence electrons. The maximum absolute atomic E-state index is 13.0. The molecular weight excluding hydrogens is 1170 g/mol. The second-order valence-electron chi connectivity index (χ2n) is 24.1. The van der Waals surface area contributed by atoms with E-state index in [1.807, 2.05) is 93.6 Å². The lowest BCUT2D eigenvalue weighted by Crippen LogP contribution is -2.49. The van der Waals surface area contributed by atoms with Crippen LogP contribution in [0, 0.1) is 41.5 Å². The number of halogens is 1. The minimum atomic E-state index is -1.36. The number of rotatable bonds is 15. The van der Waals surface area contributed by atoms with Crippen molar-refractivity contribution in [1.29, 1.82) is 0 Å². The highest BCUT2D eigenvalue weighted by molar-refractivity contribution is 6.30. The SMILES string of the molecule is Cc1cc(C2(Cn3cccc(C)c3=O)NC(=O)NC2=O)cc(C)c1OC1CCCC1.Cc1cc(C2(Cn3cccc(C)c3=O)NC(=O)NC2=O)ccc1OC1CCCCC1.Cc1cccn(CC2(c3ccc(Cc4ccc(Cl)cc4)cc3)NC(=O)NC2=O)c1=O. The van der Waals surface area contributed by atoms with E-state index in [0.29, 0.717) is 44.8 Å². The van der Waals surface area contributed by atoms with Gasteiger partial charge in [0.25, 0.3) is 34.4 Å². The lowest BCUT2D eigenvalue weighted by molar-refractivity contribution is -0.125. The van der Waals surface area contributed by atoms with E-state index in [2.05, 4.69) is 31.9 Å². The van der Waals surface area contributed by atoms with Gasteiger partial charge in [-0.25, -0.2) is 14.4 Å². The average molecular weight is 1240 g/mol. The van der Waals surface area contributed by atoms with E-state index in [-0.39, 0.29) is 48.5 Å². The van der Waals surface area contributed by atoms with Crippen LogP contribution in [-0.4, -0.2) is 61.7 Å². The Bertz CT molecular complexity index is 4090. The van der Waals surface area contributed by atoms with E-state index in [0.717, 1.165) is 65.0 Å². The Morgan fingerprint density at radius 2 is 0.789 bits per heavy atom. The first kappa shape index (κ1) is 63.5. The Labute approximate surface area is 525 Å². The highest BCUT2D eigenvalue weighted by Gasteiger charge is 2.51. The summed E-state index contributed by atoms with van der Waals surface area (Å²) in [6.45, 7) is 11.0. The minimum Gasteiger partial charge on any atom is -0.490 e. The highest BCUT2D eigenvalue weighted by Crippen LogP contribution is 2.37. The Kier molecular flexibility index (Phi) is 18.8. The molecule has 0 spiro atoms. The third-order valence-corrected chi connectivity index (χ3v) is 17.8. The van der Waals surface area contributed by atoms with Crippen molar-refractivity contribution in [3.8, 4) is 11.5 Å². The number of nitrogens with one attached hydrogen (secondary N) is 6. The zero-order chi connectivity index (χ0) is 64.1. The molecule has 3 aliphatic heterocycles. The van der Waals surface area contributed by atoms with Crippen LogP contribution in [0.25, 0.3) is 0 Å². The summed E-state index contributed by atoms with van der Waals surface area (Å²) in [4.78, 5) is 112. The van der Waals surface area contributed by atoms with Crippen molar-refractivity contribution >= 4 is 47.4 Å². The van der Waals surface area contributed by atoms with Crippen molar-refractivity contribution in [2.75, 3.05) is 0 Å². The zero-order valence-corrected chi connectivity index (χ0v) is 52.0. The molecule has 0 radical (unpaired) electrons. The number of benzene rings is 4. The fourth-order valence-corrected chi connectivity index (χ4v) is 12.6. The first-order valence-electron chi connectivity index (χ1n) is 30.4. The number of pyridine rings is 3. The van der Waals surface area contributed by atoms with Gasteiger partial charge < -0.3 is 39.1 Å². The highest BCUT2D eigenvalue weighted by atomic mass is 35.5. The number of amides is 9. The first-order valence-corrected chi connectivity index (χ1v) is 30.7. The maximum atomic E-state index is 13.0. The number of nitrogens with zero attached hydrogens (tertiary/aromatic N) is 3. The van der Waals surface area contributed by atoms with Gasteiger partial charge in [0.2, 0.25) is 0 Å². The monoisotopic (exact) mass is 1240 g/mol. The van der Waals surface area contributed by atoms with Crippen molar-refractivity contribution in [3.05, 3.63) is 231 Å². The fraction of sp³-hybridized carbons (Fsp3) is 0.348. The van der Waals surface area contributed by atoms with Crippen LogP contribution in [0.5, 0.6) is 11.5 Å². The van der Waals surface area contributed by atoms with E-state index in [1.165, 1.54) is 45.8 Å². The number of hydrogen-bond acceptors (Lipinski definition) is 11. The van der Waals surface area contributed by atoms with Crippen LogP contribution in [0.2, 0.25) is 5.02 Å². The summed E-state index contributed by atoms with van der Waals surface area (Å²) in [6, 6.07) is 33.1. The molecule has 2 saturated carbocycles. The van der Waals surface area contributed by atoms with Gasteiger partial charge in [0.1, 0.15) is 11.5 Å². The van der Waals surface area contributed by atoms with Gasteiger partial charge in [-0.1, -0.05) is 78.7 Å². The van der Waals surface area contributed by atoms with E-state index < -0.39 is 52.4 Å². The number of hydrogen-bond donors (Lipinski definition) is 6. The molecule has 5 fully saturated rings. The Morgan fingerprint density at radius 3 is 1.20 bits per heavy atom. The summed E-state index contributed by atoms with van der Waals surface area (Å²) >= 11 is 5.94. The predicted octanol–water partition coefficient (Wildman–Crippen LogP) is 8.88. The second-order valence-corrected chi connectivity index (χ2v) is 24.6. The summed E-state index contributed by atoms with van der Waals surface area (Å²) in [6.07, 6.45) is 16.2. The lowest BCUT2D eigenvalue weighted by atomic mass is 9.87. The molecule has 21 heteroatoms. The van der Waals surface area contributed by atoms with Crippen LogP contribution in [0.15, 0.2) is 148 Å². The van der Waals surface area contributed by atoms with Crippen molar-refractivity contribution in [2.24, 2.45) is 0 Å². The molecule has 90 heavy (non-hydrogen) atoms. The van der Waals surface area contributed by atoms with Gasteiger partial charge in [-0.05, 0) is 198 Å². The number of imide groups is 3. The van der Waals surface area contributed by atoms with E-state index >= 15 is 0 Å². The zero-order valence-electron chi connectivity index (χ0n) is 51.3. The van der Waals surface area contributed by atoms with Crippen molar-refractivity contribution < 1.29 is 38.2 Å². The van der Waals surface area contributed by atoms with E-state index in [4.69, 9.17) is 21.1 Å². The molecule has 3 unspecified atom stereocenters. The van der Waals surface area contributed by atoms with Gasteiger partial charge in [-0.15, -0.1) is 0 Å². The fourth-order valence-electron chi connectivity index (χ4n) is 12.5. The molecule has 0 bridgehead atoms. The topological polar surface area (TPSA) is 259 Å². The molecule has 20 nitrogen and oxygen atoms in total. The lowest BCUT2D eigenvalue weighted by Gasteiger charge is -2.29. The Hall–Kier alpha value is -9.56. The molecule has 9 amide bonds. The minimum absolute atomic E-state index is 0.00160. The third kappa shape index (κ3) is 13.5. The van der Waals surface area contributed by atoms with Gasteiger partial charge in [0.15, 0.2) is 16.6 Å². The number of carbonyl (C=O) groups is 6. The predicted molar refractivity (Wildman–Crippen MR) is 340 cm³/mol. The van der Waals surface area contributed by atoms with Crippen molar-refractivity contribution in [3.63, 3.8) is 0 Å². The molecule has 6 N–H and O–H groups in total. The Morgan fingerprint density at radius 1 is 0.422 bits per heavy atom. The quantitative estimate of drug-likeness (QED) is 0.0528. The molecular formula is C69H74ClN9O11. The van der Waals surface area contributed by atoms with Crippen LogP contribution in [0.4, 0.5) is 14.4 Å². The molecule has 4 aromatic carbocycles. The second kappa shape index (κ2) is 26.6. The first-order chi connectivity index (χ1) is 43.1. The number of aryl methyl sites for hydroxylation is 6. The molecule has 6 heterocycles. The summed E-state index contributed by atoms with van der Waals surface area (Å²) in [5.74, 6) is 0.202. The smallest absolute Gasteiger partial charge is 0.322 e. The van der Waals surface area contributed by atoms with Gasteiger partial charge in [-0.3, -0.25) is 44.7 Å². The van der Waals surface area contributed by atoms with Gasteiger partial charge in [0, 0.05) is 40.3 Å². The summed E-state index contributed by atoms with van der Waals surface area (Å²) in [7, 11) is 0. The normalized spacial score (nSPS) is 20.6. The molecule has 7 aromatic rings. The van der Waals surface area contributed by atoms with Crippen molar-refractivity contribution in [2.45, 2.75) is 154 Å². The Balaban J connectivity index is 0.000000148. The maximum Gasteiger partial charge on any atom is 0.322 e. The standard InChI is InChI=1S/C23H20ClN3O3.2C23H27N3O4/c1-15-3-2-12-27(20(15)28)14-23(21(29)25-22(30)26-23)18-8-4-16(5-9-18)13-17-6-10-19(24)11-7-17;1-14-7-6-10-26(20(14)27)13-23(21(28)24-22(29)25-23)17-11-15(2)19(16(3)12-17)30-18-8-4-5-9-18;1-15-7-6-12-26(20(15)27)14-23(21(28)24-22(29)25-23)17-10-11-19(16(2)13-17)30-18-8-4-3-5-9-18/h2-12H,13-14H2,1H3,(H2,25,26,29,30);6-7,10-12,18H,4-5,8-9,13H2,1-3H3,(H2,24,25,28,29);6-7,10-13,18H,3-5,8-9,14H2,1-2H3,(H2,24,25,28,29). The van der Waals surface area contributed by atoms with Gasteiger partial charge in [-0.2, -0.15) is 0 Å². The molecule has 3 atom stereocenters. The number of ether oxygens (including phenoxy) is 2. The summed E-state index contributed by atoms with van der Waals surface area (Å²) in [5.41, 5.74) is 3.77. The van der Waals surface area contributed by atoms with Crippen LogP contribution >= 0.6 is 11.6 Å². The van der Waals surface area contributed by atoms with Gasteiger partial charge in [0.05, 0.1) is 31.8 Å². The molecule has 3 aromatic heterocycles.